The predicted octanol–water partition coefficient (Wildman–Crippen LogP) is 2.63. The van der Waals surface area contributed by atoms with Gasteiger partial charge in [-0.2, -0.15) is 11.8 Å². The Morgan fingerprint density at radius 3 is 2.88 bits per heavy atom. The van der Waals surface area contributed by atoms with Crippen molar-refractivity contribution in [2.75, 3.05) is 37.3 Å². The smallest absolute Gasteiger partial charge is 0.191 e. The second-order valence-corrected chi connectivity index (χ2v) is 8.58. The minimum absolute atomic E-state index is 0.344. The maximum Gasteiger partial charge on any atom is 0.191 e. The van der Waals surface area contributed by atoms with Crippen molar-refractivity contribution in [1.29, 1.82) is 0 Å². The lowest BCUT2D eigenvalue weighted by atomic mass is 10.1. The summed E-state index contributed by atoms with van der Waals surface area (Å²) < 4.78 is 0.344. The van der Waals surface area contributed by atoms with Gasteiger partial charge in [-0.25, -0.2) is 4.98 Å². The van der Waals surface area contributed by atoms with Crippen molar-refractivity contribution in [3.05, 3.63) is 23.9 Å². The Balaban J connectivity index is 1.51. The van der Waals surface area contributed by atoms with E-state index in [0.29, 0.717) is 4.75 Å². The molecule has 24 heavy (non-hydrogen) atoms. The molecule has 0 bridgehead atoms. The number of nitrogens with zero attached hydrogens (tertiary/aromatic N) is 3. The molecule has 132 valence electrons. The zero-order valence-corrected chi connectivity index (χ0v) is 15.7. The minimum Gasteiger partial charge on any atom is -0.357 e. The number of nitrogens with one attached hydrogen (secondary N) is 2. The van der Waals surface area contributed by atoms with Gasteiger partial charge in [-0.1, -0.05) is 0 Å². The van der Waals surface area contributed by atoms with E-state index in [1.54, 1.807) is 0 Å². The Hall–Kier alpha value is -1.43. The normalized spacial score (nSPS) is 24.4. The number of hydrogen-bond acceptors (Lipinski definition) is 4. The zero-order valence-electron chi connectivity index (χ0n) is 14.8. The van der Waals surface area contributed by atoms with Crippen LogP contribution in [0.25, 0.3) is 0 Å². The molecule has 1 unspecified atom stereocenters. The molecule has 2 aliphatic rings. The fraction of sp³-hybridized carbons (Fsp3) is 0.667. The molecule has 5 nitrogen and oxygen atoms in total. The van der Waals surface area contributed by atoms with Crippen molar-refractivity contribution in [2.45, 2.75) is 43.9 Å². The molecule has 2 saturated heterocycles. The van der Waals surface area contributed by atoms with Crippen LogP contribution in [0.2, 0.25) is 0 Å². The molecule has 3 heterocycles. The monoisotopic (exact) mass is 347 g/mol. The fourth-order valence-electron chi connectivity index (χ4n) is 3.34. The lowest BCUT2D eigenvalue weighted by molar-refractivity contribution is 0.584. The third-order valence-electron chi connectivity index (χ3n) is 4.85. The number of hydrogen-bond donors (Lipinski definition) is 2. The van der Waals surface area contributed by atoms with E-state index in [9.17, 15) is 0 Å². The van der Waals surface area contributed by atoms with E-state index in [0.717, 1.165) is 38.0 Å². The van der Waals surface area contributed by atoms with Gasteiger partial charge in [0.2, 0.25) is 0 Å². The highest BCUT2D eigenvalue weighted by Gasteiger charge is 2.29. The fourth-order valence-corrected chi connectivity index (χ4v) is 4.59. The van der Waals surface area contributed by atoms with Crippen molar-refractivity contribution in [3.63, 3.8) is 0 Å². The number of thioether (sulfide) groups is 1. The number of pyridine rings is 1. The Morgan fingerprint density at radius 1 is 1.33 bits per heavy atom. The van der Waals surface area contributed by atoms with Crippen LogP contribution in [0.15, 0.2) is 23.3 Å². The first-order valence-electron chi connectivity index (χ1n) is 8.97. The molecule has 1 aromatic heterocycles. The highest BCUT2D eigenvalue weighted by atomic mass is 32.2. The summed E-state index contributed by atoms with van der Waals surface area (Å²) in [4.78, 5) is 11.2. The van der Waals surface area contributed by atoms with Gasteiger partial charge in [0.25, 0.3) is 0 Å². The first-order chi connectivity index (χ1) is 11.7. The Labute approximate surface area is 149 Å². The molecule has 6 heteroatoms. The number of aliphatic imine (C=N–C) groups is 1. The zero-order chi connectivity index (χ0) is 16.8. The van der Waals surface area contributed by atoms with Gasteiger partial charge in [0.05, 0.1) is 0 Å². The van der Waals surface area contributed by atoms with Gasteiger partial charge in [0.1, 0.15) is 5.82 Å². The van der Waals surface area contributed by atoms with Crippen LogP contribution >= 0.6 is 11.8 Å². The molecule has 0 saturated carbocycles. The van der Waals surface area contributed by atoms with Crippen LogP contribution in [0.3, 0.4) is 0 Å². The molecule has 0 aliphatic carbocycles. The standard InChI is InChI=1S/C18H29N5S/c1-18(7-5-11-24-18)14-22-17(19-2)21-13-15-6-8-20-16(12-15)23-9-3-4-10-23/h6,8,12H,3-5,7,9-11,13-14H2,1-2H3,(H2,19,21,22). The van der Waals surface area contributed by atoms with Crippen molar-refractivity contribution in [2.24, 2.45) is 4.99 Å². The molecular weight excluding hydrogens is 318 g/mol. The third kappa shape index (κ3) is 4.56. The molecular formula is C18H29N5S. The first-order valence-corrected chi connectivity index (χ1v) is 9.95. The molecule has 0 radical (unpaired) electrons. The SMILES string of the molecule is CN=C(NCc1ccnc(N2CCCC2)c1)NCC1(C)CCCS1. The van der Waals surface area contributed by atoms with Crippen molar-refractivity contribution in [3.8, 4) is 0 Å². The van der Waals surface area contributed by atoms with E-state index in [1.807, 2.05) is 13.2 Å². The maximum absolute atomic E-state index is 4.52. The summed E-state index contributed by atoms with van der Waals surface area (Å²) in [6, 6.07) is 4.27. The van der Waals surface area contributed by atoms with Gasteiger partial charge in [0.15, 0.2) is 5.96 Å². The Kier molecular flexibility index (Phi) is 5.87. The van der Waals surface area contributed by atoms with Gasteiger partial charge in [-0.3, -0.25) is 4.99 Å². The summed E-state index contributed by atoms with van der Waals surface area (Å²) in [6.45, 7) is 6.34. The summed E-state index contributed by atoms with van der Waals surface area (Å²) in [7, 11) is 1.83. The molecule has 2 fully saturated rings. The van der Waals surface area contributed by atoms with Crippen molar-refractivity contribution in [1.82, 2.24) is 15.6 Å². The summed E-state index contributed by atoms with van der Waals surface area (Å²) in [5.74, 6) is 3.26. The summed E-state index contributed by atoms with van der Waals surface area (Å²) in [6.07, 6.45) is 7.07. The van der Waals surface area contributed by atoms with E-state index in [4.69, 9.17) is 0 Å². The molecule has 1 atom stereocenters. The summed E-state index contributed by atoms with van der Waals surface area (Å²) >= 11 is 2.07. The van der Waals surface area contributed by atoms with E-state index >= 15 is 0 Å². The highest BCUT2D eigenvalue weighted by molar-refractivity contribution is 8.00. The first kappa shape index (κ1) is 17.4. The van der Waals surface area contributed by atoms with Crippen molar-refractivity contribution < 1.29 is 0 Å². The van der Waals surface area contributed by atoms with Gasteiger partial charge in [-0.05, 0) is 56.1 Å². The van der Waals surface area contributed by atoms with E-state index in [1.165, 1.54) is 37.0 Å². The average Bonchev–Trinajstić information content (AvgIpc) is 3.27. The molecule has 0 amide bonds. The Bertz CT molecular complexity index is 562. The third-order valence-corrected chi connectivity index (χ3v) is 6.39. The largest absolute Gasteiger partial charge is 0.357 e. The van der Waals surface area contributed by atoms with E-state index in [-0.39, 0.29) is 0 Å². The van der Waals surface area contributed by atoms with Crippen LogP contribution in [-0.4, -0.2) is 48.1 Å². The second-order valence-electron chi connectivity index (χ2n) is 6.90. The van der Waals surface area contributed by atoms with Crippen LogP contribution in [0.1, 0.15) is 38.2 Å². The van der Waals surface area contributed by atoms with Gasteiger partial charge < -0.3 is 15.5 Å². The summed E-state index contributed by atoms with van der Waals surface area (Å²) in [5.41, 5.74) is 1.25. The van der Waals surface area contributed by atoms with Crippen LogP contribution < -0.4 is 15.5 Å². The molecule has 2 aliphatic heterocycles. The van der Waals surface area contributed by atoms with Gasteiger partial charge in [0, 0.05) is 44.2 Å². The highest BCUT2D eigenvalue weighted by Crippen LogP contribution is 2.36. The number of anilines is 1. The lowest BCUT2D eigenvalue weighted by Crippen LogP contribution is -2.43. The maximum atomic E-state index is 4.52. The molecule has 3 rings (SSSR count). The molecule has 1 aromatic rings. The van der Waals surface area contributed by atoms with Crippen LogP contribution in [0.4, 0.5) is 5.82 Å². The van der Waals surface area contributed by atoms with E-state index < -0.39 is 0 Å². The lowest BCUT2D eigenvalue weighted by Gasteiger charge is -2.24. The summed E-state index contributed by atoms with van der Waals surface area (Å²) in [5, 5.41) is 6.91. The average molecular weight is 348 g/mol. The molecule has 0 aromatic carbocycles. The van der Waals surface area contributed by atoms with Crippen molar-refractivity contribution >= 4 is 23.5 Å². The van der Waals surface area contributed by atoms with E-state index in [2.05, 4.69) is 56.3 Å². The predicted molar refractivity (Wildman–Crippen MR) is 104 cm³/mol. The topological polar surface area (TPSA) is 52.6 Å². The number of guanidine groups is 1. The number of rotatable bonds is 5. The molecule has 0 spiro atoms. The Morgan fingerprint density at radius 2 is 2.17 bits per heavy atom. The second kappa shape index (κ2) is 8.10. The van der Waals surface area contributed by atoms with Crippen LogP contribution in [0.5, 0.6) is 0 Å². The quantitative estimate of drug-likeness (QED) is 0.633. The van der Waals surface area contributed by atoms with Crippen LogP contribution in [-0.2, 0) is 6.54 Å². The number of aromatic nitrogens is 1. The molecule has 2 N–H and O–H groups in total. The van der Waals surface area contributed by atoms with Crippen LogP contribution in [0, 0.1) is 0 Å². The van der Waals surface area contributed by atoms with Gasteiger partial charge >= 0.3 is 0 Å². The van der Waals surface area contributed by atoms with Gasteiger partial charge in [-0.15, -0.1) is 0 Å². The minimum atomic E-state index is 0.344.